The summed E-state index contributed by atoms with van der Waals surface area (Å²) in [6.45, 7) is 6.15. The molecule has 10 nitrogen and oxygen atoms in total. The number of aryl methyl sites for hydroxylation is 1. The molecule has 0 bridgehead atoms. The Hall–Kier alpha value is -3.51. The highest BCUT2D eigenvalue weighted by molar-refractivity contribution is 7.17. The number of nitrogens with one attached hydrogen (secondary N) is 2. The summed E-state index contributed by atoms with van der Waals surface area (Å²) in [5.74, 6) is 0.552. The number of anilines is 2. The molecule has 0 saturated carbocycles. The second-order valence-corrected chi connectivity index (χ2v) is 11.2. The molecule has 0 aliphatic carbocycles. The minimum absolute atomic E-state index is 0.121. The van der Waals surface area contributed by atoms with E-state index in [9.17, 15) is 9.18 Å². The lowest BCUT2D eigenvalue weighted by Crippen LogP contribution is -2.46. The third-order valence-corrected chi connectivity index (χ3v) is 8.60. The second-order valence-electron chi connectivity index (χ2n) is 10.2. The van der Waals surface area contributed by atoms with Crippen LogP contribution < -0.4 is 15.5 Å². The van der Waals surface area contributed by atoms with Crippen molar-refractivity contribution in [2.24, 2.45) is 0 Å². The summed E-state index contributed by atoms with van der Waals surface area (Å²) in [5.41, 5.74) is 2.72. The molecule has 0 radical (unpaired) electrons. The first kappa shape index (κ1) is 25.8. The summed E-state index contributed by atoms with van der Waals surface area (Å²) < 4.78 is 22.3. The molecule has 3 aromatic heterocycles. The second kappa shape index (κ2) is 10.9. The van der Waals surface area contributed by atoms with E-state index in [1.807, 2.05) is 36.2 Å². The SMILES string of the molecule is CCn1c(-c2noc(CNC(=O)c3cnc(N4CCCC4)s3)n2)cc2c(N[C@@H]3CCN(C)C[C@@H]3F)cccc21. The minimum atomic E-state index is -0.932. The minimum Gasteiger partial charge on any atom is -0.379 e. The molecule has 1 aromatic carbocycles. The van der Waals surface area contributed by atoms with Crippen LogP contribution in [0.4, 0.5) is 15.2 Å². The van der Waals surface area contributed by atoms with E-state index >= 15 is 0 Å². The summed E-state index contributed by atoms with van der Waals surface area (Å²) in [6, 6.07) is 7.80. The fraction of sp³-hybridized carbons (Fsp3) is 0.481. The number of hydrogen-bond donors (Lipinski definition) is 2. The number of amides is 1. The van der Waals surface area contributed by atoms with Crippen molar-refractivity contribution in [2.75, 3.05) is 43.4 Å². The van der Waals surface area contributed by atoms with Gasteiger partial charge in [0.25, 0.3) is 5.91 Å². The van der Waals surface area contributed by atoms with Gasteiger partial charge in [0.1, 0.15) is 11.0 Å². The lowest BCUT2D eigenvalue weighted by molar-refractivity contribution is 0.0950. The van der Waals surface area contributed by atoms with Gasteiger partial charge in [-0.05, 0) is 51.4 Å². The van der Waals surface area contributed by atoms with E-state index in [0.29, 0.717) is 29.7 Å². The van der Waals surface area contributed by atoms with E-state index in [-0.39, 0.29) is 18.5 Å². The molecule has 0 unspecified atom stereocenters. The van der Waals surface area contributed by atoms with Crippen LogP contribution in [0.1, 0.15) is 41.7 Å². The van der Waals surface area contributed by atoms with Crippen molar-refractivity contribution in [2.45, 2.75) is 51.5 Å². The van der Waals surface area contributed by atoms with Crippen LogP contribution in [0.5, 0.6) is 0 Å². The van der Waals surface area contributed by atoms with Crippen LogP contribution in [0.15, 0.2) is 35.0 Å². The van der Waals surface area contributed by atoms with Gasteiger partial charge in [-0.25, -0.2) is 9.37 Å². The Morgan fingerprint density at radius 2 is 2.10 bits per heavy atom. The average molecular weight is 553 g/mol. The molecule has 2 atom stereocenters. The number of alkyl halides is 1. The van der Waals surface area contributed by atoms with Crippen molar-refractivity contribution in [1.29, 1.82) is 0 Å². The molecule has 1 amide bonds. The molecule has 2 aliphatic rings. The van der Waals surface area contributed by atoms with Crippen LogP contribution in [0.2, 0.25) is 0 Å². The lowest BCUT2D eigenvalue weighted by Gasteiger charge is -2.33. The summed E-state index contributed by atoms with van der Waals surface area (Å²) in [4.78, 5) is 26.5. The quantitative estimate of drug-likeness (QED) is 0.336. The zero-order valence-corrected chi connectivity index (χ0v) is 23.0. The third kappa shape index (κ3) is 5.22. The molecule has 2 saturated heterocycles. The number of fused-ring (bicyclic) bond motifs is 1. The molecule has 2 N–H and O–H groups in total. The number of benzene rings is 1. The van der Waals surface area contributed by atoms with Crippen molar-refractivity contribution < 1.29 is 13.7 Å². The molecule has 2 fully saturated rings. The first-order chi connectivity index (χ1) is 19.0. The first-order valence-corrected chi connectivity index (χ1v) is 14.3. The summed E-state index contributed by atoms with van der Waals surface area (Å²) >= 11 is 1.40. The van der Waals surface area contributed by atoms with Gasteiger partial charge in [-0.1, -0.05) is 22.6 Å². The van der Waals surface area contributed by atoms with Crippen LogP contribution >= 0.6 is 11.3 Å². The molecule has 206 valence electrons. The monoisotopic (exact) mass is 552 g/mol. The zero-order chi connectivity index (χ0) is 26.9. The van der Waals surface area contributed by atoms with E-state index in [1.54, 1.807) is 6.20 Å². The van der Waals surface area contributed by atoms with Gasteiger partial charge in [0, 0.05) is 43.8 Å². The maximum absolute atomic E-state index is 14.7. The number of piperidine rings is 1. The highest BCUT2D eigenvalue weighted by atomic mass is 32.1. The van der Waals surface area contributed by atoms with Crippen molar-refractivity contribution in [1.82, 2.24) is 29.9 Å². The first-order valence-electron chi connectivity index (χ1n) is 13.5. The molecule has 0 spiro atoms. The molecule has 5 heterocycles. The van der Waals surface area contributed by atoms with Crippen molar-refractivity contribution in [3.8, 4) is 11.5 Å². The van der Waals surface area contributed by atoms with Crippen molar-refractivity contribution >= 4 is 39.0 Å². The number of nitrogens with zero attached hydrogens (tertiary/aromatic N) is 6. The molecule has 6 rings (SSSR count). The van der Waals surface area contributed by atoms with E-state index < -0.39 is 6.17 Å². The third-order valence-electron chi connectivity index (χ3n) is 7.54. The number of likely N-dealkylation sites (tertiary alicyclic amines) is 1. The topological polar surface area (TPSA) is 104 Å². The Balaban J connectivity index is 1.17. The highest BCUT2D eigenvalue weighted by Gasteiger charge is 2.28. The van der Waals surface area contributed by atoms with Crippen LogP contribution in [0.3, 0.4) is 0 Å². The largest absolute Gasteiger partial charge is 0.379 e. The maximum atomic E-state index is 14.7. The van der Waals surface area contributed by atoms with Gasteiger partial charge in [-0.3, -0.25) is 4.79 Å². The number of thiazole rings is 1. The number of rotatable bonds is 8. The lowest BCUT2D eigenvalue weighted by atomic mass is 10.0. The van der Waals surface area contributed by atoms with E-state index in [4.69, 9.17) is 4.52 Å². The molecule has 39 heavy (non-hydrogen) atoms. The highest BCUT2D eigenvalue weighted by Crippen LogP contribution is 2.33. The van der Waals surface area contributed by atoms with Gasteiger partial charge in [-0.15, -0.1) is 0 Å². The summed E-state index contributed by atoms with van der Waals surface area (Å²) in [7, 11) is 1.95. The predicted octanol–water partition coefficient (Wildman–Crippen LogP) is 4.15. The number of carbonyl (C=O) groups is 1. The maximum Gasteiger partial charge on any atom is 0.263 e. The van der Waals surface area contributed by atoms with Crippen molar-refractivity contribution in [3.05, 3.63) is 41.2 Å². The molecule has 2 aliphatic heterocycles. The molecular weight excluding hydrogens is 519 g/mol. The van der Waals surface area contributed by atoms with Crippen LogP contribution in [0, 0.1) is 0 Å². The van der Waals surface area contributed by atoms with E-state index in [0.717, 1.165) is 66.3 Å². The number of aromatic nitrogens is 4. The van der Waals surface area contributed by atoms with Gasteiger partial charge in [0.15, 0.2) is 5.13 Å². The Kier molecular flexibility index (Phi) is 7.22. The fourth-order valence-corrected chi connectivity index (χ4v) is 6.34. The van der Waals surface area contributed by atoms with Crippen LogP contribution in [0.25, 0.3) is 22.4 Å². The zero-order valence-electron chi connectivity index (χ0n) is 22.2. The van der Waals surface area contributed by atoms with Gasteiger partial charge in [-0.2, -0.15) is 4.98 Å². The van der Waals surface area contributed by atoms with Gasteiger partial charge in [0.05, 0.1) is 30.0 Å². The average Bonchev–Trinajstić information content (AvgIpc) is 3.74. The van der Waals surface area contributed by atoms with E-state index in [2.05, 4.69) is 42.1 Å². The summed E-state index contributed by atoms with van der Waals surface area (Å²) in [6.07, 6.45) is 3.75. The van der Waals surface area contributed by atoms with Gasteiger partial charge in [0.2, 0.25) is 11.7 Å². The normalized spacial score (nSPS) is 20.1. The number of carbonyl (C=O) groups excluding carboxylic acids is 1. The predicted molar refractivity (Wildman–Crippen MR) is 150 cm³/mol. The summed E-state index contributed by atoms with van der Waals surface area (Å²) in [5, 5.41) is 12.4. The molecular formula is C27H33FN8O2S. The standard InChI is InChI=1S/C27H33FN8O2S/c1-3-36-21-8-6-7-19(31-20-9-12-34(2)16-18(20)28)17(21)13-22(36)25-32-24(38-33-25)15-29-26(37)23-14-30-27(39-23)35-10-4-5-11-35/h6-8,13-14,18,20,31H,3-5,9-12,15-16H2,1-2H3,(H,29,37)/t18-,20+/m0/s1. The van der Waals surface area contributed by atoms with E-state index in [1.165, 1.54) is 11.3 Å². The van der Waals surface area contributed by atoms with Gasteiger partial charge >= 0.3 is 0 Å². The Bertz CT molecular complexity index is 1460. The Labute approximate surface area is 230 Å². The Morgan fingerprint density at radius 1 is 1.26 bits per heavy atom. The smallest absolute Gasteiger partial charge is 0.263 e. The molecule has 4 aromatic rings. The van der Waals surface area contributed by atoms with Gasteiger partial charge < -0.3 is 29.5 Å². The number of hydrogen-bond acceptors (Lipinski definition) is 9. The molecule has 12 heteroatoms. The van der Waals surface area contributed by atoms with Crippen LogP contribution in [-0.2, 0) is 13.1 Å². The Morgan fingerprint density at radius 3 is 2.90 bits per heavy atom. The van der Waals surface area contributed by atoms with Crippen LogP contribution in [-0.4, -0.2) is 75.9 Å². The number of halogens is 1. The van der Waals surface area contributed by atoms with Crippen molar-refractivity contribution in [3.63, 3.8) is 0 Å². The fourth-order valence-electron chi connectivity index (χ4n) is 5.45.